The summed E-state index contributed by atoms with van der Waals surface area (Å²) in [6.45, 7) is 9.88. The number of amides is 1. The molecule has 7 nitrogen and oxygen atoms in total. The predicted octanol–water partition coefficient (Wildman–Crippen LogP) is 3.68. The van der Waals surface area contributed by atoms with Gasteiger partial charge < -0.3 is 19.5 Å². The second kappa shape index (κ2) is 11.3. The maximum atomic E-state index is 13.4. The Morgan fingerprint density at radius 1 is 1.16 bits per heavy atom. The molecule has 3 atom stereocenters. The van der Waals surface area contributed by atoms with Gasteiger partial charge in [0.1, 0.15) is 17.4 Å². The van der Waals surface area contributed by atoms with E-state index in [1.165, 1.54) is 7.11 Å². The van der Waals surface area contributed by atoms with Crippen LogP contribution in [0.4, 0.5) is 0 Å². The summed E-state index contributed by atoms with van der Waals surface area (Å²) in [5.41, 5.74) is 0.204. The van der Waals surface area contributed by atoms with Crippen LogP contribution in [-0.4, -0.2) is 43.2 Å². The van der Waals surface area contributed by atoms with Crippen LogP contribution in [0.5, 0.6) is 5.75 Å². The molecule has 7 heteroatoms. The lowest BCUT2D eigenvalue weighted by Gasteiger charge is -2.30. The molecule has 0 unspecified atom stereocenters. The monoisotopic (exact) mass is 447 g/mol. The number of carbonyl (C=O) groups is 3. The zero-order valence-electron chi connectivity index (χ0n) is 20.1. The highest BCUT2D eigenvalue weighted by Crippen LogP contribution is 2.29. The summed E-state index contributed by atoms with van der Waals surface area (Å²) in [6, 6.07) is 6.57. The number of ether oxygens (including phenoxy) is 3. The number of methoxy groups -OCH3 is 1. The van der Waals surface area contributed by atoms with Crippen molar-refractivity contribution in [1.29, 1.82) is 0 Å². The second-order valence-corrected chi connectivity index (χ2v) is 9.80. The highest BCUT2D eigenvalue weighted by atomic mass is 16.6. The van der Waals surface area contributed by atoms with E-state index in [9.17, 15) is 14.4 Å². The molecule has 32 heavy (non-hydrogen) atoms. The fraction of sp³-hybridized carbons (Fsp3) is 0.640. The van der Waals surface area contributed by atoms with E-state index in [0.717, 1.165) is 11.3 Å². The zero-order chi connectivity index (χ0) is 23.9. The van der Waals surface area contributed by atoms with Crippen molar-refractivity contribution in [3.05, 3.63) is 29.8 Å². The third-order valence-corrected chi connectivity index (χ3v) is 5.35. The van der Waals surface area contributed by atoms with Gasteiger partial charge in [0.25, 0.3) is 0 Å². The van der Waals surface area contributed by atoms with E-state index in [0.29, 0.717) is 25.9 Å². The van der Waals surface area contributed by atoms with E-state index >= 15 is 0 Å². The third-order valence-electron chi connectivity index (χ3n) is 5.35. The number of esters is 2. The quantitative estimate of drug-likeness (QED) is 0.708. The Morgan fingerprint density at radius 2 is 1.81 bits per heavy atom. The van der Waals surface area contributed by atoms with Crippen molar-refractivity contribution < 1.29 is 28.6 Å². The number of benzene rings is 1. The standard InChI is InChI=1S/C25H37NO6/c1-16(2)14-20-19(23(28)32-25(3,4)5)8-7-13-31-18-11-9-17(10-12-18)15-21(24(29)30-6)26-22(20)27/h9-12,16,19-21H,7-8,13-15H2,1-6H3,(H,26,27)/t19-,20+,21-/m0/s1. The van der Waals surface area contributed by atoms with Crippen molar-refractivity contribution >= 4 is 17.8 Å². The largest absolute Gasteiger partial charge is 0.494 e. The van der Waals surface area contributed by atoms with Crippen molar-refractivity contribution in [2.75, 3.05) is 13.7 Å². The summed E-state index contributed by atoms with van der Waals surface area (Å²) in [5, 5.41) is 2.86. The molecule has 0 spiro atoms. The van der Waals surface area contributed by atoms with Crippen LogP contribution in [0.25, 0.3) is 0 Å². The van der Waals surface area contributed by atoms with E-state index in [1.807, 2.05) is 58.9 Å². The molecule has 0 saturated carbocycles. The average Bonchev–Trinajstić information content (AvgIpc) is 2.70. The fourth-order valence-corrected chi connectivity index (χ4v) is 3.89. The Morgan fingerprint density at radius 3 is 2.38 bits per heavy atom. The molecule has 1 aromatic rings. The van der Waals surface area contributed by atoms with Crippen LogP contribution < -0.4 is 10.1 Å². The average molecular weight is 448 g/mol. The van der Waals surface area contributed by atoms with Crippen LogP contribution >= 0.6 is 0 Å². The predicted molar refractivity (Wildman–Crippen MR) is 121 cm³/mol. The minimum Gasteiger partial charge on any atom is -0.494 e. The van der Waals surface area contributed by atoms with Gasteiger partial charge >= 0.3 is 11.9 Å². The first-order valence-corrected chi connectivity index (χ1v) is 11.3. The number of rotatable bonds is 4. The van der Waals surface area contributed by atoms with Crippen molar-refractivity contribution in [2.45, 2.75) is 71.9 Å². The molecule has 1 amide bonds. The Hall–Kier alpha value is -2.57. The molecule has 0 radical (unpaired) electrons. The molecule has 1 N–H and O–H groups in total. The molecule has 0 aromatic heterocycles. The van der Waals surface area contributed by atoms with Gasteiger partial charge in [-0.25, -0.2) is 4.79 Å². The molecule has 3 rings (SSSR count). The Kier molecular flexibility index (Phi) is 9.10. The van der Waals surface area contributed by atoms with E-state index in [2.05, 4.69) is 5.32 Å². The van der Waals surface area contributed by atoms with Crippen molar-refractivity contribution in [3.63, 3.8) is 0 Å². The van der Waals surface area contributed by atoms with Gasteiger partial charge in [-0.3, -0.25) is 9.59 Å². The SMILES string of the molecule is COC(=O)[C@@H]1Cc2ccc(cc2)OCCC[C@H](C(=O)OC(C)(C)C)[C@@H](CC(C)C)C(=O)N1. The normalized spacial score (nSPS) is 22.5. The third kappa shape index (κ3) is 7.84. The van der Waals surface area contributed by atoms with Crippen LogP contribution in [0.15, 0.2) is 24.3 Å². The molecule has 2 bridgehead atoms. The first kappa shape index (κ1) is 25.7. The molecular formula is C25H37NO6. The van der Waals surface area contributed by atoms with Gasteiger partial charge in [-0.2, -0.15) is 0 Å². The first-order valence-electron chi connectivity index (χ1n) is 11.3. The minimum atomic E-state index is -0.851. The highest BCUT2D eigenvalue weighted by Gasteiger charge is 2.38. The van der Waals surface area contributed by atoms with Crippen LogP contribution in [0.1, 0.15) is 59.4 Å². The van der Waals surface area contributed by atoms with Crippen molar-refractivity contribution in [3.8, 4) is 5.75 Å². The summed E-state index contributed by atoms with van der Waals surface area (Å²) in [4.78, 5) is 39.0. The molecule has 2 aliphatic rings. The lowest BCUT2D eigenvalue weighted by Crippen LogP contribution is -2.48. The second-order valence-electron chi connectivity index (χ2n) is 9.80. The number of hydrogen-bond donors (Lipinski definition) is 1. The fourth-order valence-electron chi connectivity index (χ4n) is 3.89. The van der Waals surface area contributed by atoms with Gasteiger partial charge in [-0.05, 0) is 63.6 Å². The molecule has 0 fully saturated rings. The summed E-state index contributed by atoms with van der Waals surface area (Å²) in [6.07, 6.45) is 1.82. The van der Waals surface area contributed by atoms with Gasteiger partial charge in [0.2, 0.25) is 5.91 Å². The maximum Gasteiger partial charge on any atom is 0.328 e. The van der Waals surface area contributed by atoms with Crippen LogP contribution in [0.2, 0.25) is 0 Å². The molecular weight excluding hydrogens is 410 g/mol. The lowest BCUT2D eigenvalue weighted by molar-refractivity contribution is -0.164. The van der Waals surface area contributed by atoms with Gasteiger partial charge in [-0.15, -0.1) is 0 Å². The number of fused-ring (bicyclic) bond motifs is 11. The molecule has 0 aliphatic carbocycles. The zero-order valence-corrected chi connectivity index (χ0v) is 20.1. The van der Waals surface area contributed by atoms with Gasteiger partial charge in [0, 0.05) is 6.42 Å². The molecule has 1 aromatic carbocycles. The molecule has 178 valence electrons. The number of hydrogen-bond acceptors (Lipinski definition) is 6. The summed E-state index contributed by atoms with van der Waals surface area (Å²) in [5.74, 6) is -1.62. The topological polar surface area (TPSA) is 90.9 Å². The maximum absolute atomic E-state index is 13.4. The molecule has 2 aliphatic heterocycles. The molecule has 0 saturated heterocycles. The lowest BCUT2D eigenvalue weighted by atomic mass is 9.81. The summed E-state index contributed by atoms with van der Waals surface area (Å²) >= 11 is 0. The van der Waals surface area contributed by atoms with E-state index in [4.69, 9.17) is 14.2 Å². The van der Waals surface area contributed by atoms with Crippen LogP contribution in [0, 0.1) is 17.8 Å². The number of carbonyl (C=O) groups excluding carboxylic acids is 3. The Labute approximate surface area is 191 Å². The van der Waals surface area contributed by atoms with Crippen LogP contribution in [0.3, 0.4) is 0 Å². The Balaban J connectivity index is 2.41. The van der Waals surface area contributed by atoms with Gasteiger partial charge in [0.05, 0.1) is 25.6 Å². The smallest absolute Gasteiger partial charge is 0.328 e. The summed E-state index contributed by atoms with van der Waals surface area (Å²) < 4.78 is 16.4. The Bertz CT molecular complexity index is 781. The minimum absolute atomic E-state index is 0.175. The molecule has 2 heterocycles. The van der Waals surface area contributed by atoms with E-state index < -0.39 is 35.4 Å². The van der Waals surface area contributed by atoms with Crippen molar-refractivity contribution in [2.24, 2.45) is 17.8 Å². The van der Waals surface area contributed by atoms with Gasteiger partial charge in [0.15, 0.2) is 0 Å². The van der Waals surface area contributed by atoms with Crippen molar-refractivity contribution in [1.82, 2.24) is 5.32 Å². The highest BCUT2D eigenvalue weighted by molar-refractivity contribution is 5.89. The van der Waals surface area contributed by atoms with E-state index in [1.54, 1.807) is 0 Å². The summed E-state index contributed by atoms with van der Waals surface area (Å²) in [7, 11) is 1.30. The van der Waals surface area contributed by atoms with E-state index in [-0.39, 0.29) is 18.2 Å². The van der Waals surface area contributed by atoms with Gasteiger partial charge in [-0.1, -0.05) is 26.0 Å². The van der Waals surface area contributed by atoms with Crippen LogP contribution in [-0.2, 0) is 30.3 Å². The first-order chi connectivity index (χ1) is 15.0. The number of nitrogens with one attached hydrogen (secondary N) is 1.